The lowest BCUT2D eigenvalue weighted by Crippen LogP contribution is -2.31. The summed E-state index contributed by atoms with van der Waals surface area (Å²) in [6.07, 6.45) is 3.28. The minimum atomic E-state index is -0.549. The molecule has 0 aliphatic rings. The Hall–Kier alpha value is -1.39. The lowest BCUT2D eigenvalue weighted by atomic mass is 10.0. The van der Waals surface area contributed by atoms with E-state index in [0.29, 0.717) is 5.69 Å². The molecule has 0 saturated carbocycles. The van der Waals surface area contributed by atoms with Crippen molar-refractivity contribution in [3.63, 3.8) is 0 Å². The molecule has 1 aromatic carbocycles. The predicted molar refractivity (Wildman–Crippen MR) is 65.7 cm³/mol. The molecule has 0 atom stereocenters. The molecule has 0 amide bonds. The van der Waals surface area contributed by atoms with Gasteiger partial charge in [0, 0.05) is 5.69 Å². The van der Waals surface area contributed by atoms with Gasteiger partial charge < -0.3 is 10.3 Å². The highest BCUT2D eigenvalue weighted by Crippen LogP contribution is 2.23. The topological polar surface area (TPSA) is 43.8 Å². The zero-order valence-corrected chi connectivity index (χ0v) is 10.4. The van der Waals surface area contributed by atoms with E-state index in [1.54, 1.807) is 23.2 Å². The molecular formula is C12H13ClFN3. The van der Waals surface area contributed by atoms with Gasteiger partial charge in [-0.3, -0.25) is 0 Å². The van der Waals surface area contributed by atoms with Crippen molar-refractivity contribution < 1.29 is 4.39 Å². The van der Waals surface area contributed by atoms with Crippen molar-refractivity contribution in [1.82, 2.24) is 9.55 Å². The van der Waals surface area contributed by atoms with Crippen LogP contribution in [0.1, 0.15) is 19.5 Å². The van der Waals surface area contributed by atoms with Crippen LogP contribution >= 0.6 is 11.6 Å². The van der Waals surface area contributed by atoms with Gasteiger partial charge in [-0.15, -0.1) is 0 Å². The summed E-state index contributed by atoms with van der Waals surface area (Å²) in [6, 6.07) is 4.60. The standard InChI is InChI=1S/C12H13ClFN3/c1-12(2,15)11-6-16-7-17(11)8-3-4-9(13)10(14)5-8/h3-7H,15H2,1-2H3. The average molecular weight is 254 g/mol. The van der Waals surface area contributed by atoms with Crippen molar-refractivity contribution in [3.8, 4) is 5.69 Å². The van der Waals surface area contributed by atoms with Crippen LogP contribution in [-0.2, 0) is 5.54 Å². The lowest BCUT2D eigenvalue weighted by Gasteiger charge is -2.20. The lowest BCUT2D eigenvalue weighted by molar-refractivity contribution is 0.524. The summed E-state index contributed by atoms with van der Waals surface area (Å²) in [6.45, 7) is 3.74. The Morgan fingerprint density at radius 3 is 2.71 bits per heavy atom. The van der Waals surface area contributed by atoms with Crippen LogP contribution in [0.25, 0.3) is 5.69 Å². The van der Waals surface area contributed by atoms with Gasteiger partial charge in [-0.25, -0.2) is 9.37 Å². The average Bonchev–Trinajstić information content (AvgIpc) is 2.70. The molecule has 2 rings (SSSR count). The number of hydrogen-bond acceptors (Lipinski definition) is 2. The molecule has 1 heterocycles. The van der Waals surface area contributed by atoms with Gasteiger partial charge in [0.1, 0.15) is 5.82 Å². The van der Waals surface area contributed by atoms with Crippen LogP contribution in [0.3, 0.4) is 0 Å². The maximum absolute atomic E-state index is 13.4. The second-order valence-corrected chi connectivity index (χ2v) is 4.88. The number of halogens is 2. The summed E-state index contributed by atoms with van der Waals surface area (Å²) >= 11 is 5.65. The first-order valence-electron chi connectivity index (χ1n) is 5.17. The highest BCUT2D eigenvalue weighted by Gasteiger charge is 2.20. The molecule has 3 nitrogen and oxygen atoms in total. The van der Waals surface area contributed by atoms with Crippen molar-refractivity contribution in [2.75, 3.05) is 0 Å². The number of hydrogen-bond donors (Lipinski definition) is 1. The molecule has 90 valence electrons. The summed E-state index contributed by atoms with van der Waals surface area (Å²) in [7, 11) is 0. The fourth-order valence-corrected chi connectivity index (χ4v) is 1.73. The van der Waals surface area contributed by atoms with Crippen LogP contribution in [0.2, 0.25) is 5.02 Å². The van der Waals surface area contributed by atoms with Crippen LogP contribution in [-0.4, -0.2) is 9.55 Å². The molecule has 0 aliphatic heterocycles. The maximum Gasteiger partial charge on any atom is 0.143 e. The van der Waals surface area contributed by atoms with E-state index in [9.17, 15) is 4.39 Å². The molecule has 0 spiro atoms. The van der Waals surface area contributed by atoms with Crippen LogP contribution in [0.4, 0.5) is 4.39 Å². The number of rotatable bonds is 2. The molecule has 0 fully saturated rings. The van der Waals surface area contributed by atoms with Crippen molar-refractivity contribution in [1.29, 1.82) is 0 Å². The fraction of sp³-hybridized carbons (Fsp3) is 0.250. The number of imidazole rings is 1. The molecule has 5 heteroatoms. The van der Waals surface area contributed by atoms with E-state index in [1.807, 2.05) is 13.8 Å². The van der Waals surface area contributed by atoms with Gasteiger partial charge in [-0.05, 0) is 32.0 Å². The normalized spacial score (nSPS) is 11.8. The quantitative estimate of drug-likeness (QED) is 0.894. The molecule has 0 unspecified atom stereocenters. The Kier molecular flexibility index (Phi) is 2.93. The minimum Gasteiger partial charge on any atom is -0.321 e. The zero-order chi connectivity index (χ0) is 12.6. The zero-order valence-electron chi connectivity index (χ0n) is 9.61. The van der Waals surface area contributed by atoms with Crippen molar-refractivity contribution >= 4 is 11.6 Å². The van der Waals surface area contributed by atoms with E-state index in [0.717, 1.165) is 5.69 Å². The Morgan fingerprint density at radius 2 is 2.12 bits per heavy atom. The summed E-state index contributed by atoms with van der Waals surface area (Å²) in [5.74, 6) is -0.460. The SMILES string of the molecule is CC(C)(N)c1cncn1-c1ccc(Cl)c(F)c1. The van der Waals surface area contributed by atoms with Crippen LogP contribution < -0.4 is 5.73 Å². The summed E-state index contributed by atoms with van der Waals surface area (Å²) in [5.41, 5.74) is 6.93. The molecule has 2 N–H and O–H groups in total. The molecule has 17 heavy (non-hydrogen) atoms. The molecule has 1 aromatic heterocycles. The number of aromatic nitrogens is 2. The van der Waals surface area contributed by atoms with Gasteiger partial charge in [-0.1, -0.05) is 11.6 Å². The smallest absolute Gasteiger partial charge is 0.143 e. The van der Waals surface area contributed by atoms with Crippen LogP contribution in [0.15, 0.2) is 30.7 Å². The molecule has 0 radical (unpaired) electrons. The molecule has 2 aromatic rings. The Balaban J connectivity index is 2.54. The van der Waals surface area contributed by atoms with Crippen LogP contribution in [0.5, 0.6) is 0 Å². The maximum atomic E-state index is 13.4. The third-order valence-electron chi connectivity index (χ3n) is 2.48. The summed E-state index contributed by atoms with van der Waals surface area (Å²) in [5, 5.41) is 0.0995. The molecular weight excluding hydrogens is 241 g/mol. The van der Waals surface area contributed by atoms with Crippen molar-refractivity contribution in [3.05, 3.63) is 47.3 Å². The first-order valence-corrected chi connectivity index (χ1v) is 5.54. The third-order valence-corrected chi connectivity index (χ3v) is 2.79. The molecule has 0 bridgehead atoms. The van der Waals surface area contributed by atoms with Gasteiger partial charge >= 0.3 is 0 Å². The van der Waals surface area contributed by atoms with Crippen molar-refractivity contribution in [2.45, 2.75) is 19.4 Å². The number of nitrogens with two attached hydrogens (primary N) is 1. The Labute approximate surface area is 104 Å². The number of benzene rings is 1. The predicted octanol–water partition coefficient (Wildman–Crippen LogP) is 2.86. The summed E-state index contributed by atoms with van der Waals surface area (Å²) < 4.78 is 15.2. The highest BCUT2D eigenvalue weighted by molar-refractivity contribution is 6.30. The molecule has 0 saturated heterocycles. The first-order chi connectivity index (χ1) is 7.89. The largest absolute Gasteiger partial charge is 0.321 e. The first kappa shape index (κ1) is 12.1. The van der Waals surface area contributed by atoms with E-state index in [-0.39, 0.29) is 5.02 Å². The highest BCUT2D eigenvalue weighted by atomic mass is 35.5. The Morgan fingerprint density at radius 1 is 1.41 bits per heavy atom. The van der Waals surface area contributed by atoms with Gasteiger partial charge in [0.25, 0.3) is 0 Å². The van der Waals surface area contributed by atoms with E-state index in [2.05, 4.69) is 4.98 Å². The van der Waals surface area contributed by atoms with E-state index in [1.165, 1.54) is 12.1 Å². The minimum absolute atomic E-state index is 0.0995. The monoisotopic (exact) mass is 253 g/mol. The summed E-state index contributed by atoms with van der Waals surface area (Å²) in [4.78, 5) is 4.04. The molecule has 0 aliphatic carbocycles. The van der Waals surface area contributed by atoms with Gasteiger partial charge in [-0.2, -0.15) is 0 Å². The second kappa shape index (κ2) is 4.13. The second-order valence-electron chi connectivity index (χ2n) is 4.47. The van der Waals surface area contributed by atoms with Gasteiger partial charge in [0.15, 0.2) is 0 Å². The van der Waals surface area contributed by atoms with E-state index >= 15 is 0 Å². The van der Waals surface area contributed by atoms with Crippen molar-refractivity contribution in [2.24, 2.45) is 5.73 Å². The van der Waals surface area contributed by atoms with Gasteiger partial charge in [0.05, 0.1) is 28.8 Å². The van der Waals surface area contributed by atoms with E-state index < -0.39 is 11.4 Å². The Bertz CT molecular complexity index is 543. The van der Waals surface area contributed by atoms with E-state index in [4.69, 9.17) is 17.3 Å². The number of nitrogens with zero attached hydrogens (tertiary/aromatic N) is 2. The third kappa shape index (κ3) is 2.33. The fourth-order valence-electron chi connectivity index (χ4n) is 1.61. The van der Waals surface area contributed by atoms with Gasteiger partial charge in [0.2, 0.25) is 0 Å². The van der Waals surface area contributed by atoms with Crippen LogP contribution in [0, 0.1) is 5.82 Å².